The van der Waals surface area contributed by atoms with Crippen LogP contribution in [-0.4, -0.2) is 59.6 Å². The highest BCUT2D eigenvalue weighted by Gasteiger charge is 2.44. The van der Waals surface area contributed by atoms with Gasteiger partial charge in [-0.1, -0.05) is 6.07 Å². The van der Waals surface area contributed by atoms with Crippen LogP contribution in [0, 0.1) is 11.3 Å². The van der Waals surface area contributed by atoms with Crippen LogP contribution in [0.5, 0.6) is 0 Å². The van der Waals surface area contributed by atoms with Crippen LogP contribution in [0.15, 0.2) is 47.8 Å². The van der Waals surface area contributed by atoms with E-state index in [0.717, 1.165) is 24.2 Å². The van der Waals surface area contributed by atoms with E-state index in [9.17, 15) is 13.7 Å². The molecule has 5 rings (SSSR count). The molecule has 10 heteroatoms. The Morgan fingerprint density at radius 3 is 2.58 bits per heavy atom. The number of rotatable bonds is 4. The van der Waals surface area contributed by atoms with Crippen molar-refractivity contribution in [1.82, 2.24) is 19.7 Å². The quantitative estimate of drug-likeness (QED) is 0.608. The van der Waals surface area contributed by atoms with Gasteiger partial charge in [-0.3, -0.25) is 4.68 Å². The Morgan fingerprint density at radius 2 is 1.94 bits per heavy atom. The van der Waals surface area contributed by atoms with Gasteiger partial charge in [-0.15, -0.1) is 0 Å². The second-order valence-corrected chi connectivity index (χ2v) is 10.1. The van der Waals surface area contributed by atoms with Crippen molar-refractivity contribution >= 4 is 21.3 Å². The highest BCUT2D eigenvalue weighted by Crippen LogP contribution is 2.38. The molecule has 0 saturated carbocycles. The second-order valence-electron chi connectivity index (χ2n) is 8.06. The Bertz CT molecular complexity index is 1310. The van der Waals surface area contributed by atoms with Gasteiger partial charge in [0.05, 0.1) is 28.9 Å². The number of benzene rings is 1. The maximum atomic E-state index is 11.9. The van der Waals surface area contributed by atoms with Crippen LogP contribution in [0.4, 0.5) is 11.5 Å². The molecule has 0 spiro atoms. The molecule has 2 aromatic heterocycles. The molecule has 2 saturated heterocycles. The molecule has 31 heavy (non-hydrogen) atoms. The zero-order chi connectivity index (χ0) is 21.8. The predicted molar refractivity (Wildman–Crippen MR) is 115 cm³/mol. The standard InChI is InChI=1S/C21H21N7O2S/c1-26-11-15(10-24-26)20-23-9-14(8-22)21(25-20)28-13-17-6-18(28)12-27(17)16-4-3-5-19(7-16)31(2,29)30/h3-5,7,9-11,17-18H,6,12-13H2,1-2H3/t17-,18+/m1/s1. The largest absolute Gasteiger partial charge is 0.365 e. The van der Waals surface area contributed by atoms with Crippen molar-refractivity contribution in [3.8, 4) is 17.5 Å². The van der Waals surface area contributed by atoms with E-state index in [4.69, 9.17) is 4.98 Å². The van der Waals surface area contributed by atoms with Gasteiger partial charge in [0, 0.05) is 44.3 Å². The van der Waals surface area contributed by atoms with Crippen LogP contribution < -0.4 is 9.80 Å². The average Bonchev–Trinajstić information content (AvgIpc) is 3.48. The third kappa shape index (κ3) is 3.41. The summed E-state index contributed by atoms with van der Waals surface area (Å²) in [5.41, 5.74) is 2.16. The highest BCUT2D eigenvalue weighted by atomic mass is 32.2. The topological polar surface area (TPSA) is 108 Å². The van der Waals surface area contributed by atoms with Crippen molar-refractivity contribution in [2.75, 3.05) is 29.1 Å². The van der Waals surface area contributed by atoms with Crippen LogP contribution in [0.2, 0.25) is 0 Å². The maximum absolute atomic E-state index is 11.9. The van der Waals surface area contributed by atoms with Crippen molar-refractivity contribution in [1.29, 1.82) is 5.26 Å². The van der Waals surface area contributed by atoms with Gasteiger partial charge in [0.15, 0.2) is 21.5 Å². The molecule has 2 atom stereocenters. The summed E-state index contributed by atoms with van der Waals surface area (Å²) in [5, 5.41) is 13.8. The Labute approximate surface area is 180 Å². The predicted octanol–water partition coefficient (Wildman–Crippen LogP) is 1.62. The van der Waals surface area contributed by atoms with Gasteiger partial charge in [-0.25, -0.2) is 18.4 Å². The molecule has 0 unspecified atom stereocenters. The molecule has 158 valence electrons. The molecule has 3 aromatic rings. The van der Waals surface area contributed by atoms with Crippen molar-refractivity contribution in [3.63, 3.8) is 0 Å². The fourth-order valence-electron chi connectivity index (χ4n) is 4.48. The van der Waals surface area contributed by atoms with Gasteiger partial charge >= 0.3 is 0 Å². The Balaban J connectivity index is 1.43. The lowest BCUT2D eigenvalue weighted by Gasteiger charge is -2.36. The zero-order valence-corrected chi connectivity index (χ0v) is 18.0. The van der Waals surface area contributed by atoms with E-state index in [0.29, 0.717) is 28.6 Å². The Hall–Kier alpha value is -3.45. The van der Waals surface area contributed by atoms with E-state index >= 15 is 0 Å². The summed E-state index contributed by atoms with van der Waals surface area (Å²) in [6, 6.07) is 9.73. The molecule has 2 bridgehead atoms. The summed E-state index contributed by atoms with van der Waals surface area (Å²) in [6.45, 7) is 1.46. The van der Waals surface area contributed by atoms with Crippen LogP contribution in [-0.2, 0) is 16.9 Å². The fraction of sp³-hybridized carbons (Fsp3) is 0.333. The number of fused-ring (bicyclic) bond motifs is 2. The third-order valence-electron chi connectivity index (χ3n) is 5.94. The summed E-state index contributed by atoms with van der Waals surface area (Å²) >= 11 is 0. The molecule has 2 fully saturated rings. The summed E-state index contributed by atoms with van der Waals surface area (Å²) in [7, 11) is -1.42. The normalized spacial score (nSPS) is 20.3. The number of nitrogens with zero attached hydrogens (tertiary/aromatic N) is 7. The van der Waals surface area contributed by atoms with Crippen LogP contribution in [0.25, 0.3) is 11.4 Å². The molecular weight excluding hydrogens is 414 g/mol. The highest BCUT2D eigenvalue weighted by molar-refractivity contribution is 7.90. The van der Waals surface area contributed by atoms with E-state index in [-0.39, 0.29) is 12.1 Å². The van der Waals surface area contributed by atoms with Crippen LogP contribution in [0.3, 0.4) is 0 Å². The zero-order valence-electron chi connectivity index (χ0n) is 17.2. The molecule has 9 nitrogen and oxygen atoms in total. The van der Waals surface area contributed by atoms with Crippen molar-refractivity contribution in [2.45, 2.75) is 23.4 Å². The molecule has 0 radical (unpaired) electrons. The molecule has 2 aliphatic heterocycles. The number of nitriles is 1. The smallest absolute Gasteiger partial charge is 0.175 e. The third-order valence-corrected chi connectivity index (χ3v) is 7.05. The lowest BCUT2D eigenvalue weighted by Crippen LogP contribution is -2.47. The van der Waals surface area contributed by atoms with Gasteiger partial charge in [-0.2, -0.15) is 10.4 Å². The second kappa shape index (κ2) is 7.06. The van der Waals surface area contributed by atoms with Crippen LogP contribution in [0.1, 0.15) is 12.0 Å². The number of hydrogen-bond donors (Lipinski definition) is 0. The molecular formula is C21H21N7O2S. The lowest BCUT2D eigenvalue weighted by atomic mass is 10.2. The fourth-order valence-corrected chi connectivity index (χ4v) is 5.14. The van der Waals surface area contributed by atoms with Crippen LogP contribution >= 0.6 is 0 Å². The van der Waals surface area contributed by atoms with E-state index in [1.165, 1.54) is 6.26 Å². The van der Waals surface area contributed by atoms with Crippen molar-refractivity contribution in [3.05, 3.63) is 48.4 Å². The first-order valence-electron chi connectivity index (χ1n) is 9.93. The van der Waals surface area contributed by atoms with E-state index in [2.05, 4.69) is 26.0 Å². The number of piperazine rings is 1. The molecule has 4 heterocycles. The molecule has 0 N–H and O–H groups in total. The Morgan fingerprint density at radius 1 is 1.16 bits per heavy atom. The van der Waals surface area contributed by atoms with Gasteiger partial charge in [0.25, 0.3) is 0 Å². The molecule has 1 aromatic carbocycles. The average molecular weight is 436 g/mol. The summed E-state index contributed by atoms with van der Waals surface area (Å²) in [4.78, 5) is 13.8. The number of anilines is 2. The maximum Gasteiger partial charge on any atom is 0.175 e. The van der Waals surface area contributed by atoms with E-state index in [1.54, 1.807) is 35.3 Å². The first-order valence-corrected chi connectivity index (χ1v) is 11.8. The summed E-state index contributed by atoms with van der Waals surface area (Å²) in [5.74, 6) is 1.19. The minimum absolute atomic E-state index is 0.190. The van der Waals surface area contributed by atoms with Gasteiger partial charge < -0.3 is 9.80 Å². The summed E-state index contributed by atoms with van der Waals surface area (Å²) < 4.78 is 25.6. The number of aromatic nitrogens is 4. The van der Waals surface area contributed by atoms with Crippen molar-refractivity contribution in [2.24, 2.45) is 7.05 Å². The van der Waals surface area contributed by atoms with Gasteiger partial charge in [-0.05, 0) is 24.6 Å². The number of sulfone groups is 1. The van der Waals surface area contributed by atoms with E-state index in [1.807, 2.05) is 19.3 Å². The first-order chi connectivity index (χ1) is 14.8. The molecule has 0 aliphatic carbocycles. The Kier molecular flexibility index (Phi) is 4.44. The molecule has 2 aliphatic rings. The first kappa shape index (κ1) is 19.5. The number of aryl methyl sites for hydroxylation is 1. The minimum atomic E-state index is -3.26. The molecule has 0 amide bonds. The minimum Gasteiger partial charge on any atom is -0.365 e. The monoisotopic (exact) mass is 435 g/mol. The van der Waals surface area contributed by atoms with Gasteiger partial charge in [0.2, 0.25) is 0 Å². The lowest BCUT2D eigenvalue weighted by molar-refractivity contribution is 0.601. The summed E-state index contributed by atoms with van der Waals surface area (Å²) in [6.07, 6.45) is 7.28. The number of hydrogen-bond acceptors (Lipinski definition) is 8. The SMILES string of the molecule is Cn1cc(-c2ncc(C#N)c(N3C[C@H]4C[C@H]3CN4c3cccc(S(C)(=O)=O)c3)n2)cn1. The van der Waals surface area contributed by atoms with Crippen molar-refractivity contribution < 1.29 is 8.42 Å². The van der Waals surface area contributed by atoms with E-state index < -0.39 is 9.84 Å². The van der Waals surface area contributed by atoms with Gasteiger partial charge in [0.1, 0.15) is 11.6 Å².